The fraction of sp³-hybridized carbons (Fsp3) is 0.571. The van der Waals surface area contributed by atoms with Crippen LogP contribution in [0.25, 0.3) is 0 Å². The topological polar surface area (TPSA) is 3.24 Å². The number of likely N-dealkylation sites (N-methyl/N-ethyl adjacent to an activating group) is 1. The Balaban J connectivity index is 0.000000531. The van der Waals surface area contributed by atoms with E-state index in [0.29, 0.717) is 5.41 Å². The van der Waals surface area contributed by atoms with Crippen LogP contribution in [-0.4, -0.2) is 13.1 Å². The molecule has 0 unspecified atom stereocenters. The maximum Gasteiger partial charge on any atom is 0.0405 e. The van der Waals surface area contributed by atoms with Crippen molar-refractivity contribution >= 4 is 5.69 Å². The quantitative estimate of drug-likeness (QED) is 0.673. The lowest BCUT2D eigenvalue weighted by Crippen LogP contribution is -2.28. The summed E-state index contributed by atoms with van der Waals surface area (Å²) in [5, 5.41) is 0. The van der Waals surface area contributed by atoms with Gasteiger partial charge < -0.3 is 4.90 Å². The van der Waals surface area contributed by atoms with Crippen molar-refractivity contribution in [2.24, 2.45) is 0 Å². The van der Waals surface area contributed by atoms with Gasteiger partial charge in [-0.3, -0.25) is 0 Å². The van der Waals surface area contributed by atoms with Gasteiger partial charge in [0, 0.05) is 24.2 Å². The van der Waals surface area contributed by atoms with E-state index in [4.69, 9.17) is 0 Å². The molecule has 1 heterocycles. The summed E-state index contributed by atoms with van der Waals surface area (Å²) < 4.78 is 0. The van der Waals surface area contributed by atoms with Crippen LogP contribution >= 0.6 is 0 Å². The Morgan fingerprint density at radius 3 is 2.40 bits per heavy atom. The number of hydrogen-bond acceptors (Lipinski definition) is 1. The Labute approximate surface area is 94.1 Å². The Kier molecular flexibility index (Phi) is 3.78. The van der Waals surface area contributed by atoms with E-state index in [2.05, 4.69) is 49.9 Å². The molecule has 1 aliphatic heterocycles. The minimum Gasteiger partial charge on any atom is -0.371 e. The van der Waals surface area contributed by atoms with Crippen LogP contribution in [0.2, 0.25) is 0 Å². The minimum absolute atomic E-state index is 0.326. The van der Waals surface area contributed by atoms with E-state index in [-0.39, 0.29) is 0 Å². The average molecular weight is 205 g/mol. The van der Waals surface area contributed by atoms with Gasteiger partial charge in [-0.2, -0.15) is 0 Å². The Hall–Kier alpha value is -0.980. The first-order chi connectivity index (χ1) is 7.15. The standard InChI is InChI=1S/C12H17N.C2H6/c1-4-13-9-12(2,3)10-7-5-6-8-11(10)13;1-2/h5-8H,4,9H2,1-3H3;1-2H3. The van der Waals surface area contributed by atoms with Crippen LogP contribution in [0.4, 0.5) is 5.69 Å². The van der Waals surface area contributed by atoms with Gasteiger partial charge in [-0.15, -0.1) is 0 Å². The van der Waals surface area contributed by atoms with Crippen molar-refractivity contribution in [3.05, 3.63) is 29.8 Å². The molecule has 0 radical (unpaired) electrons. The molecule has 1 aliphatic rings. The molecular weight excluding hydrogens is 182 g/mol. The summed E-state index contributed by atoms with van der Waals surface area (Å²) in [6.07, 6.45) is 0. The molecule has 0 aliphatic carbocycles. The highest BCUT2D eigenvalue weighted by atomic mass is 15.2. The van der Waals surface area contributed by atoms with Crippen molar-refractivity contribution in [1.29, 1.82) is 0 Å². The van der Waals surface area contributed by atoms with Gasteiger partial charge in [0.15, 0.2) is 0 Å². The summed E-state index contributed by atoms with van der Waals surface area (Å²) in [7, 11) is 0. The Morgan fingerprint density at radius 2 is 1.80 bits per heavy atom. The van der Waals surface area contributed by atoms with Gasteiger partial charge in [-0.1, -0.05) is 45.9 Å². The lowest BCUT2D eigenvalue weighted by molar-refractivity contribution is 0.554. The van der Waals surface area contributed by atoms with E-state index in [1.165, 1.54) is 11.3 Å². The van der Waals surface area contributed by atoms with Gasteiger partial charge in [-0.25, -0.2) is 0 Å². The largest absolute Gasteiger partial charge is 0.371 e. The Bertz CT molecular complexity index is 315. The van der Waals surface area contributed by atoms with Crippen LogP contribution in [0.3, 0.4) is 0 Å². The third kappa shape index (κ3) is 2.17. The van der Waals surface area contributed by atoms with Crippen LogP contribution in [0.1, 0.15) is 40.2 Å². The molecule has 0 N–H and O–H groups in total. The first kappa shape index (κ1) is 12.1. The first-order valence-corrected chi connectivity index (χ1v) is 5.99. The summed E-state index contributed by atoms with van der Waals surface area (Å²) in [6.45, 7) is 13.1. The first-order valence-electron chi connectivity index (χ1n) is 5.99. The van der Waals surface area contributed by atoms with Crippen LogP contribution in [0.15, 0.2) is 24.3 Å². The van der Waals surface area contributed by atoms with E-state index in [1.54, 1.807) is 0 Å². The molecule has 0 saturated heterocycles. The second kappa shape index (κ2) is 4.69. The zero-order valence-electron chi connectivity index (χ0n) is 10.7. The number of hydrogen-bond donors (Lipinski definition) is 0. The summed E-state index contributed by atoms with van der Waals surface area (Å²) in [6, 6.07) is 8.75. The summed E-state index contributed by atoms with van der Waals surface area (Å²) in [4.78, 5) is 2.45. The zero-order chi connectivity index (χ0) is 11.5. The molecule has 1 nitrogen and oxygen atoms in total. The fourth-order valence-electron chi connectivity index (χ4n) is 2.25. The fourth-order valence-corrected chi connectivity index (χ4v) is 2.25. The summed E-state index contributed by atoms with van der Waals surface area (Å²) >= 11 is 0. The number of benzene rings is 1. The Morgan fingerprint density at radius 1 is 1.20 bits per heavy atom. The molecule has 0 spiro atoms. The second-order valence-electron chi connectivity index (χ2n) is 4.42. The molecule has 15 heavy (non-hydrogen) atoms. The van der Waals surface area contributed by atoms with Gasteiger partial charge in [-0.05, 0) is 18.6 Å². The van der Waals surface area contributed by atoms with Crippen LogP contribution in [0.5, 0.6) is 0 Å². The van der Waals surface area contributed by atoms with Crippen molar-refractivity contribution in [3.63, 3.8) is 0 Å². The molecule has 1 heteroatoms. The molecule has 2 rings (SSSR count). The lowest BCUT2D eigenvalue weighted by Gasteiger charge is -2.20. The molecule has 0 amide bonds. The molecule has 0 fully saturated rings. The molecule has 1 aromatic carbocycles. The van der Waals surface area contributed by atoms with Gasteiger partial charge in [0.25, 0.3) is 0 Å². The van der Waals surface area contributed by atoms with E-state index < -0.39 is 0 Å². The van der Waals surface area contributed by atoms with Crippen molar-refractivity contribution < 1.29 is 0 Å². The third-order valence-corrected chi connectivity index (χ3v) is 2.94. The highest BCUT2D eigenvalue weighted by Crippen LogP contribution is 2.39. The molecule has 84 valence electrons. The van der Waals surface area contributed by atoms with Crippen molar-refractivity contribution in [3.8, 4) is 0 Å². The number of anilines is 1. The van der Waals surface area contributed by atoms with Gasteiger partial charge in [0.05, 0.1) is 0 Å². The van der Waals surface area contributed by atoms with Crippen LogP contribution < -0.4 is 4.90 Å². The number of nitrogens with zero attached hydrogens (tertiary/aromatic N) is 1. The summed E-state index contributed by atoms with van der Waals surface area (Å²) in [5.41, 5.74) is 3.25. The van der Waals surface area contributed by atoms with E-state index in [0.717, 1.165) is 13.1 Å². The van der Waals surface area contributed by atoms with Crippen LogP contribution in [0, 0.1) is 0 Å². The van der Waals surface area contributed by atoms with Crippen molar-refractivity contribution in [1.82, 2.24) is 0 Å². The maximum absolute atomic E-state index is 2.45. The predicted octanol–water partition coefficient (Wildman–Crippen LogP) is 3.83. The second-order valence-corrected chi connectivity index (χ2v) is 4.42. The van der Waals surface area contributed by atoms with Crippen molar-refractivity contribution in [2.45, 2.75) is 40.0 Å². The monoisotopic (exact) mass is 205 g/mol. The summed E-state index contributed by atoms with van der Waals surface area (Å²) in [5.74, 6) is 0. The number of para-hydroxylation sites is 1. The van der Waals surface area contributed by atoms with Crippen molar-refractivity contribution in [2.75, 3.05) is 18.0 Å². The molecular formula is C14H23N. The van der Waals surface area contributed by atoms with E-state index in [1.807, 2.05) is 13.8 Å². The number of rotatable bonds is 1. The molecule has 0 bridgehead atoms. The lowest BCUT2D eigenvalue weighted by atomic mass is 9.87. The highest BCUT2D eigenvalue weighted by molar-refractivity contribution is 5.61. The third-order valence-electron chi connectivity index (χ3n) is 2.94. The molecule has 0 saturated carbocycles. The predicted molar refractivity (Wildman–Crippen MR) is 68.7 cm³/mol. The van der Waals surface area contributed by atoms with Crippen LogP contribution in [-0.2, 0) is 5.41 Å². The normalized spacial score (nSPS) is 16.7. The minimum atomic E-state index is 0.326. The SMILES string of the molecule is CC.CCN1CC(C)(C)c2ccccc21. The molecule has 0 aromatic heterocycles. The smallest absolute Gasteiger partial charge is 0.0405 e. The molecule has 0 atom stereocenters. The van der Waals surface area contributed by atoms with Gasteiger partial charge in [0.1, 0.15) is 0 Å². The zero-order valence-corrected chi connectivity index (χ0v) is 10.7. The van der Waals surface area contributed by atoms with Gasteiger partial charge in [0.2, 0.25) is 0 Å². The average Bonchev–Trinajstić information content (AvgIpc) is 2.54. The maximum atomic E-state index is 2.45. The highest BCUT2D eigenvalue weighted by Gasteiger charge is 2.33. The number of fused-ring (bicyclic) bond motifs is 1. The van der Waals surface area contributed by atoms with E-state index >= 15 is 0 Å². The van der Waals surface area contributed by atoms with Gasteiger partial charge >= 0.3 is 0 Å². The molecule has 1 aromatic rings. The van der Waals surface area contributed by atoms with E-state index in [9.17, 15) is 0 Å².